The molecule has 0 amide bonds. The molecule has 0 bridgehead atoms. The molecular weight excluding hydrogens is 251 g/mol. The molecule has 2 aromatic rings. The van der Waals surface area contributed by atoms with E-state index in [1.165, 1.54) is 12.1 Å². The molecule has 0 saturated heterocycles. The van der Waals surface area contributed by atoms with E-state index >= 15 is 0 Å². The van der Waals surface area contributed by atoms with Crippen LogP contribution in [0.5, 0.6) is 0 Å². The minimum absolute atomic E-state index is 0.270. The maximum Gasteiger partial charge on any atom is 0.124 e. The zero-order valence-electron chi connectivity index (χ0n) is 10.3. The zero-order chi connectivity index (χ0) is 13.1. The number of imidazole rings is 1. The van der Waals surface area contributed by atoms with E-state index in [4.69, 9.17) is 0 Å². The van der Waals surface area contributed by atoms with Crippen LogP contribution in [0.3, 0.4) is 0 Å². The Bertz CT molecular complexity index is 566. The molecule has 0 aliphatic heterocycles. The lowest BCUT2D eigenvalue weighted by atomic mass is 10.3. The average molecular weight is 266 g/mol. The predicted octanol–water partition coefficient (Wildman–Crippen LogP) is 2.91. The number of benzene rings is 1. The molecule has 1 aromatic carbocycles. The van der Waals surface area contributed by atoms with Gasteiger partial charge in [-0.2, -0.15) is 0 Å². The lowest BCUT2D eigenvalue weighted by molar-refractivity contribution is 0.582. The Morgan fingerprint density at radius 3 is 2.89 bits per heavy atom. The third-order valence-corrected chi connectivity index (χ3v) is 3.98. The molecular formula is C13H15FN2OS. The van der Waals surface area contributed by atoms with E-state index in [1.807, 2.05) is 18.4 Å². The number of hydrogen-bond acceptors (Lipinski definition) is 2. The van der Waals surface area contributed by atoms with Crippen molar-refractivity contribution in [3.8, 4) is 0 Å². The van der Waals surface area contributed by atoms with Crippen molar-refractivity contribution in [3.05, 3.63) is 48.3 Å². The van der Waals surface area contributed by atoms with Crippen LogP contribution in [0.15, 0.2) is 41.7 Å². The molecule has 0 aliphatic rings. The lowest BCUT2D eigenvalue weighted by Crippen LogP contribution is -2.07. The Morgan fingerprint density at radius 1 is 1.44 bits per heavy atom. The molecule has 1 heterocycles. The normalized spacial score (nSPS) is 12.9. The molecule has 0 saturated carbocycles. The van der Waals surface area contributed by atoms with Crippen molar-refractivity contribution < 1.29 is 8.60 Å². The van der Waals surface area contributed by atoms with Crippen molar-refractivity contribution >= 4 is 10.8 Å². The van der Waals surface area contributed by atoms with Gasteiger partial charge in [0.25, 0.3) is 0 Å². The van der Waals surface area contributed by atoms with Gasteiger partial charge in [0, 0.05) is 17.1 Å². The molecule has 2 rings (SSSR count). The van der Waals surface area contributed by atoms with Gasteiger partial charge in [0.05, 0.1) is 28.6 Å². The topological polar surface area (TPSA) is 34.9 Å². The quantitative estimate of drug-likeness (QED) is 0.853. The molecule has 5 heteroatoms. The fraction of sp³-hybridized carbons (Fsp3) is 0.308. The van der Waals surface area contributed by atoms with E-state index < -0.39 is 10.8 Å². The van der Waals surface area contributed by atoms with Crippen LogP contribution in [0.1, 0.15) is 25.6 Å². The van der Waals surface area contributed by atoms with Crippen molar-refractivity contribution in [2.45, 2.75) is 30.5 Å². The second kappa shape index (κ2) is 5.44. The van der Waals surface area contributed by atoms with Gasteiger partial charge in [-0.3, -0.25) is 4.21 Å². The SMILES string of the molecule is CC(C)n1cncc1CS(=O)c1cccc(F)c1. The van der Waals surface area contributed by atoms with Crippen LogP contribution in [0.2, 0.25) is 0 Å². The average Bonchev–Trinajstić information content (AvgIpc) is 2.77. The summed E-state index contributed by atoms with van der Waals surface area (Å²) in [6.07, 6.45) is 3.43. The van der Waals surface area contributed by atoms with Crippen LogP contribution < -0.4 is 0 Å². The molecule has 0 N–H and O–H groups in total. The molecule has 96 valence electrons. The Labute approximate surface area is 108 Å². The summed E-state index contributed by atoms with van der Waals surface area (Å²) in [6.45, 7) is 4.08. The van der Waals surface area contributed by atoms with Crippen molar-refractivity contribution in [1.29, 1.82) is 0 Å². The van der Waals surface area contributed by atoms with E-state index in [9.17, 15) is 8.60 Å². The van der Waals surface area contributed by atoms with Crippen molar-refractivity contribution in [1.82, 2.24) is 9.55 Å². The molecule has 1 atom stereocenters. The smallest absolute Gasteiger partial charge is 0.124 e. The number of hydrogen-bond donors (Lipinski definition) is 0. The highest BCUT2D eigenvalue weighted by Crippen LogP contribution is 2.16. The van der Waals surface area contributed by atoms with Crippen molar-refractivity contribution in [2.75, 3.05) is 0 Å². The first-order valence-electron chi connectivity index (χ1n) is 5.72. The lowest BCUT2D eigenvalue weighted by Gasteiger charge is -2.11. The second-order valence-electron chi connectivity index (χ2n) is 4.33. The summed E-state index contributed by atoms with van der Waals surface area (Å²) in [5.74, 6) is -0.0139. The standard InChI is InChI=1S/C13H15FN2OS/c1-10(2)16-9-15-7-12(16)8-18(17)13-5-3-4-11(14)6-13/h3-7,9-10H,8H2,1-2H3. The summed E-state index contributed by atoms with van der Waals surface area (Å²) < 4.78 is 27.2. The van der Waals surface area contributed by atoms with E-state index in [0.717, 1.165) is 5.69 Å². The first-order valence-corrected chi connectivity index (χ1v) is 7.04. The van der Waals surface area contributed by atoms with Gasteiger partial charge < -0.3 is 4.57 Å². The molecule has 0 spiro atoms. The predicted molar refractivity (Wildman–Crippen MR) is 69.1 cm³/mol. The minimum atomic E-state index is -1.25. The Morgan fingerprint density at radius 2 is 2.22 bits per heavy atom. The molecule has 3 nitrogen and oxygen atoms in total. The second-order valence-corrected chi connectivity index (χ2v) is 5.78. The highest BCUT2D eigenvalue weighted by Gasteiger charge is 2.11. The summed E-state index contributed by atoms with van der Waals surface area (Å²) >= 11 is 0. The van der Waals surface area contributed by atoms with E-state index in [2.05, 4.69) is 4.98 Å². The van der Waals surface area contributed by atoms with Gasteiger partial charge in [-0.25, -0.2) is 9.37 Å². The summed E-state index contributed by atoms with van der Waals surface area (Å²) in [4.78, 5) is 4.57. The number of nitrogens with zero attached hydrogens (tertiary/aromatic N) is 2. The van der Waals surface area contributed by atoms with Gasteiger partial charge in [0.1, 0.15) is 5.82 Å². The summed E-state index contributed by atoms with van der Waals surface area (Å²) in [5, 5.41) is 0. The van der Waals surface area contributed by atoms with Gasteiger partial charge in [0.2, 0.25) is 0 Å². The maximum absolute atomic E-state index is 13.1. The highest BCUT2D eigenvalue weighted by molar-refractivity contribution is 7.84. The van der Waals surface area contributed by atoms with Gasteiger partial charge in [-0.05, 0) is 32.0 Å². The number of halogens is 1. The Kier molecular flexibility index (Phi) is 3.91. The molecule has 18 heavy (non-hydrogen) atoms. The Balaban J connectivity index is 2.19. The van der Waals surface area contributed by atoms with E-state index in [1.54, 1.807) is 24.7 Å². The largest absolute Gasteiger partial charge is 0.331 e. The van der Waals surface area contributed by atoms with Gasteiger partial charge in [0.15, 0.2) is 0 Å². The van der Waals surface area contributed by atoms with Gasteiger partial charge in [-0.1, -0.05) is 6.07 Å². The molecule has 0 aliphatic carbocycles. The molecule has 0 fully saturated rings. The van der Waals surface area contributed by atoms with Crippen LogP contribution in [-0.2, 0) is 16.6 Å². The fourth-order valence-electron chi connectivity index (χ4n) is 1.74. The van der Waals surface area contributed by atoms with Gasteiger partial charge in [-0.15, -0.1) is 0 Å². The summed E-state index contributed by atoms with van der Waals surface area (Å²) in [5.41, 5.74) is 0.896. The van der Waals surface area contributed by atoms with Crippen LogP contribution in [0, 0.1) is 5.82 Å². The van der Waals surface area contributed by atoms with Crippen LogP contribution in [0.25, 0.3) is 0 Å². The fourth-order valence-corrected chi connectivity index (χ4v) is 2.87. The van der Waals surface area contributed by atoms with Crippen LogP contribution >= 0.6 is 0 Å². The first kappa shape index (κ1) is 13.0. The monoisotopic (exact) mass is 266 g/mol. The van der Waals surface area contributed by atoms with Crippen LogP contribution in [0.4, 0.5) is 4.39 Å². The summed E-state index contributed by atoms with van der Waals surface area (Å²) in [6, 6.07) is 6.18. The van der Waals surface area contributed by atoms with Crippen LogP contribution in [-0.4, -0.2) is 13.8 Å². The Hall–Kier alpha value is -1.49. The van der Waals surface area contributed by atoms with E-state index in [-0.39, 0.29) is 11.9 Å². The van der Waals surface area contributed by atoms with Gasteiger partial charge >= 0.3 is 0 Å². The molecule has 0 radical (unpaired) electrons. The molecule has 1 unspecified atom stereocenters. The number of rotatable bonds is 4. The maximum atomic E-state index is 13.1. The third kappa shape index (κ3) is 2.85. The minimum Gasteiger partial charge on any atom is -0.331 e. The highest BCUT2D eigenvalue weighted by atomic mass is 32.2. The first-order chi connectivity index (χ1) is 8.58. The third-order valence-electron chi connectivity index (χ3n) is 2.64. The van der Waals surface area contributed by atoms with Crippen molar-refractivity contribution in [2.24, 2.45) is 0 Å². The van der Waals surface area contributed by atoms with E-state index in [0.29, 0.717) is 10.6 Å². The van der Waals surface area contributed by atoms with Crippen molar-refractivity contribution in [3.63, 3.8) is 0 Å². The summed E-state index contributed by atoms with van der Waals surface area (Å²) in [7, 11) is -1.25. The molecule has 1 aromatic heterocycles. The zero-order valence-corrected chi connectivity index (χ0v) is 11.2. The number of aromatic nitrogens is 2.